The molecule has 0 spiro atoms. The average molecular weight is 437 g/mol. The van der Waals surface area contributed by atoms with Gasteiger partial charge in [-0.15, -0.1) is 11.3 Å². The van der Waals surface area contributed by atoms with Crippen LogP contribution in [0.25, 0.3) is 10.6 Å². The minimum atomic E-state index is -4.50. The SMILES string of the molecule is CC(Oc1cccc(C(F)(F)F)c1)C(=O)NCCn1nc(-c2cccs2)ccc1=O. The number of carbonyl (C=O) groups excluding carboxylic acids is 1. The Labute approximate surface area is 173 Å². The molecule has 0 aliphatic heterocycles. The summed E-state index contributed by atoms with van der Waals surface area (Å²) in [6.45, 7) is 1.67. The second-order valence-corrected chi connectivity index (χ2v) is 7.28. The summed E-state index contributed by atoms with van der Waals surface area (Å²) in [5.74, 6) is -0.580. The molecular weight excluding hydrogens is 419 g/mol. The number of hydrogen-bond donors (Lipinski definition) is 1. The molecule has 158 valence electrons. The zero-order valence-electron chi connectivity index (χ0n) is 15.8. The van der Waals surface area contributed by atoms with Gasteiger partial charge in [-0.3, -0.25) is 9.59 Å². The van der Waals surface area contributed by atoms with Gasteiger partial charge < -0.3 is 10.1 Å². The Morgan fingerprint density at radius 1 is 1.23 bits per heavy atom. The summed E-state index contributed by atoms with van der Waals surface area (Å²) in [5, 5.41) is 8.78. The van der Waals surface area contributed by atoms with Crippen molar-refractivity contribution in [1.82, 2.24) is 15.1 Å². The fourth-order valence-electron chi connectivity index (χ4n) is 2.60. The maximum Gasteiger partial charge on any atom is 0.416 e. The van der Waals surface area contributed by atoms with Crippen LogP contribution in [0, 0.1) is 0 Å². The van der Waals surface area contributed by atoms with Crippen LogP contribution in [0.5, 0.6) is 5.75 Å². The summed E-state index contributed by atoms with van der Waals surface area (Å²) in [6, 6.07) is 11.1. The zero-order chi connectivity index (χ0) is 21.7. The fraction of sp³-hybridized carbons (Fsp3) is 0.250. The van der Waals surface area contributed by atoms with E-state index in [-0.39, 0.29) is 24.4 Å². The molecule has 30 heavy (non-hydrogen) atoms. The van der Waals surface area contributed by atoms with E-state index in [9.17, 15) is 22.8 Å². The number of nitrogens with zero attached hydrogens (tertiary/aromatic N) is 2. The molecular formula is C20H18F3N3O3S. The lowest BCUT2D eigenvalue weighted by Crippen LogP contribution is -2.39. The molecule has 1 unspecified atom stereocenters. The number of nitrogens with one attached hydrogen (secondary N) is 1. The van der Waals surface area contributed by atoms with Crippen molar-refractivity contribution in [2.45, 2.75) is 25.7 Å². The summed E-state index contributed by atoms with van der Waals surface area (Å²) in [7, 11) is 0. The van der Waals surface area contributed by atoms with E-state index >= 15 is 0 Å². The van der Waals surface area contributed by atoms with Crippen LogP contribution in [-0.4, -0.2) is 28.3 Å². The minimum Gasteiger partial charge on any atom is -0.481 e. The second kappa shape index (κ2) is 9.12. The Balaban J connectivity index is 1.56. The third kappa shape index (κ3) is 5.47. The molecule has 0 saturated heterocycles. The smallest absolute Gasteiger partial charge is 0.416 e. The van der Waals surface area contributed by atoms with Crippen LogP contribution in [0.15, 0.2) is 58.7 Å². The maximum atomic E-state index is 12.8. The fourth-order valence-corrected chi connectivity index (χ4v) is 3.29. The van der Waals surface area contributed by atoms with E-state index in [1.807, 2.05) is 17.5 Å². The Morgan fingerprint density at radius 3 is 2.73 bits per heavy atom. The van der Waals surface area contributed by atoms with Crippen LogP contribution in [0.2, 0.25) is 0 Å². The number of ether oxygens (including phenoxy) is 1. The predicted octanol–water partition coefficient (Wildman–Crippen LogP) is 3.57. The van der Waals surface area contributed by atoms with Gasteiger partial charge in [-0.05, 0) is 42.6 Å². The van der Waals surface area contributed by atoms with Crippen LogP contribution in [0.4, 0.5) is 13.2 Å². The van der Waals surface area contributed by atoms with Crippen LogP contribution in [0.1, 0.15) is 12.5 Å². The lowest BCUT2D eigenvalue weighted by molar-refractivity contribution is -0.137. The van der Waals surface area contributed by atoms with Gasteiger partial charge in [-0.25, -0.2) is 4.68 Å². The highest BCUT2D eigenvalue weighted by atomic mass is 32.1. The highest BCUT2D eigenvalue weighted by Gasteiger charge is 2.30. The Morgan fingerprint density at radius 2 is 2.03 bits per heavy atom. The summed E-state index contributed by atoms with van der Waals surface area (Å²) in [6.07, 6.45) is -5.52. The number of hydrogen-bond acceptors (Lipinski definition) is 5. The van der Waals surface area contributed by atoms with E-state index in [0.29, 0.717) is 5.69 Å². The van der Waals surface area contributed by atoms with Crippen LogP contribution >= 0.6 is 11.3 Å². The third-order valence-electron chi connectivity index (χ3n) is 4.11. The van der Waals surface area contributed by atoms with E-state index in [0.717, 1.165) is 17.0 Å². The topological polar surface area (TPSA) is 73.2 Å². The molecule has 1 amide bonds. The minimum absolute atomic E-state index is 0.0611. The first-order valence-corrected chi connectivity index (χ1v) is 9.85. The molecule has 0 bridgehead atoms. The van der Waals surface area contributed by atoms with Gasteiger partial charge in [0.05, 0.1) is 17.0 Å². The van der Waals surface area contributed by atoms with Crippen molar-refractivity contribution < 1.29 is 22.7 Å². The first-order chi connectivity index (χ1) is 14.2. The second-order valence-electron chi connectivity index (χ2n) is 6.33. The van der Waals surface area contributed by atoms with Crippen molar-refractivity contribution in [2.75, 3.05) is 6.54 Å². The highest BCUT2D eigenvalue weighted by Crippen LogP contribution is 2.31. The number of benzene rings is 1. The first kappa shape index (κ1) is 21.6. The van der Waals surface area contributed by atoms with Crippen LogP contribution < -0.4 is 15.6 Å². The maximum absolute atomic E-state index is 12.8. The van der Waals surface area contributed by atoms with Crippen molar-refractivity contribution in [2.24, 2.45) is 0 Å². The zero-order valence-corrected chi connectivity index (χ0v) is 16.7. The van der Waals surface area contributed by atoms with Crippen molar-refractivity contribution in [3.8, 4) is 16.3 Å². The molecule has 0 saturated carbocycles. The van der Waals surface area contributed by atoms with E-state index in [1.54, 1.807) is 6.07 Å². The molecule has 1 atom stereocenters. The lowest BCUT2D eigenvalue weighted by atomic mass is 10.2. The predicted molar refractivity (Wildman–Crippen MR) is 106 cm³/mol. The molecule has 0 fully saturated rings. The van der Waals surface area contributed by atoms with E-state index in [4.69, 9.17) is 4.74 Å². The van der Waals surface area contributed by atoms with Crippen molar-refractivity contribution in [3.05, 3.63) is 69.8 Å². The van der Waals surface area contributed by atoms with Gasteiger partial charge in [-0.1, -0.05) is 12.1 Å². The molecule has 3 aromatic rings. The van der Waals surface area contributed by atoms with Gasteiger partial charge in [0.15, 0.2) is 6.10 Å². The third-order valence-corrected chi connectivity index (χ3v) is 5.00. The number of thiophene rings is 1. The standard InChI is InChI=1S/C20H18F3N3O3S/c1-13(29-15-5-2-4-14(12-15)20(21,22)23)19(28)24-9-10-26-18(27)8-7-16(25-26)17-6-3-11-30-17/h2-8,11-13H,9-10H2,1H3,(H,24,28). The van der Waals surface area contributed by atoms with Gasteiger partial charge in [0.1, 0.15) is 11.4 Å². The molecule has 0 radical (unpaired) electrons. The monoisotopic (exact) mass is 437 g/mol. The molecule has 0 aliphatic rings. The van der Waals surface area contributed by atoms with E-state index in [2.05, 4.69) is 10.4 Å². The van der Waals surface area contributed by atoms with Gasteiger partial charge in [-0.2, -0.15) is 18.3 Å². The first-order valence-electron chi connectivity index (χ1n) is 8.98. The van der Waals surface area contributed by atoms with Gasteiger partial charge >= 0.3 is 6.18 Å². The number of amides is 1. The average Bonchev–Trinajstić information content (AvgIpc) is 3.23. The molecule has 10 heteroatoms. The van der Waals surface area contributed by atoms with Crippen molar-refractivity contribution >= 4 is 17.2 Å². The van der Waals surface area contributed by atoms with Crippen molar-refractivity contribution in [3.63, 3.8) is 0 Å². The van der Waals surface area contributed by atoms with Crippen molar-refractivity contribution in [1.29, 1.82) is 0 Å². The number of alkyl halides is 3. The van der Waals surface area contributed by atoms with Gasteiger partial charge in [0.25, 0.3) is 11.5 Å². The normalized spacial score (nSPS) is 12.4. The Kier molecular flexibility index (Phi) is 6.56. The Hall–Kier alpha value is -3.14. The van der Waals surface area contributed by atoms with E-state index < -0.39 is 23.8 Å². The Bertz CT molecular complexity index is 1060. The van der Waals surface area contributed by atoms with E-state index in [1.165, 1.54) is 41.1 Å². The quantitative estimate of drug-likeness (QED) is 0.613. The molecule has 1 N–H and O–H groups in total. The molecule has 6 nitrogen and oxygen atoms in total. The number of aromatic nitrogens is 2. The molecule has 2 aromatic heterocycles. The lowest BCUT2D eigenvalue weighted by Gasteiger charge is -2.16. The van der Waals surface area contributed by atoms with Crippen LogP contribution in [0.3, 0.4) is 0 Å². The number of rotatable bonds is 7. The summed E-state index contributed by atoms with van der Waals surface area (Å²) < 4.78 is 44.9. The van der Waals surface area contributed by atoms with Gasteiger partial charge in [0, 0.05) is 12.6 Å². The molecule has 1 aromatic carbocycles. The number of carbonyl (C=O) groups is 1. The van der Waals surface area contributed by atoms with Crippen LogP contribution in [-0.2, 0) is 17.5 Å². The molecule has 2 heterocycles. The largest absolute Gasteiger partial charge is 0.481 e. The number of halogens is 3. The molecule has 0 aliphatic carbocycles. The highest BCUT2D eigenvalue weighted by molar-refractivity contribution is 7.13. The molecule has 3 rings (SSSR count). The van der Waals surface area contributed by atoms with Gasteiger partial charge in [0.2, 0.25) is 0 Å². The summed E-state index contributed by atoms with van der Waals surface area (Å²) >= 11 is 1.49. The summed E-state index contributed by atoms with van der Waals surface area (Å²) in [5.41, 5.74) is -0.515. The summed E-state index contributed by atoms with van der Waals surface area (Å²) in [4.78, 5) is 25.1.